The third kappa shape index (κ3) is 3.55. The van der Waals surface area contributed by atoms with Crippen molar-refractivity contribution in [1.29, 1.82) is 0 Å². The Morgan fingerprint density at radius 1 is 1.23 bits per heavy atom. The van der Waals surface area contributed by atoms with Crippen LogP contribution in [0.3, 0.4) is 0 Å². The van der Waals surface area contributed by atoms with Crippen LogP contribution in [0.5, 0.6) is 0 Å². The molecule has 1 aliphatic rings. The maximum Gasteiger partial charge on any atom is 0.254 e. The number of benzene rings is 2. The molecule has 22 heavy (non-hydrogen) atoms. The maximum atomic E-state index is 13.5. The Morgan fingerprint density at radius 2 is 1.91 bits per heavy atom. The average molecular weight is 362 g/mol. The summed E-state index contributed by atoms with van der Waals surface area (Å²) in [5.74, 6) is -0.507. The molecule has 0 radical (unpaired) electrons. The Kier molecular flexibility index (Phi) is 4.30. The predicted octanol–water partition coefficient (Wildman–Crippen LogP) is 4.70. The van der Waals surface area contributed by atoms with Gasteiger partial charge in [-0.2, -0.15) is 0 Å². The summed E-state index contributed by atoms with van der Waals surface area (Å²) >= 11 is 3.25. The largest absolute Gasteiger partial charge is 0.331 e. The van der Waals surface area contributed by atoms with E-state index in [1.165, 1.54) is 17.7 Å². The van der Waals surface area contributed by atoms with Gasteiger partial charge in [0, 0.05) is 22.6 Å². The van der Waals surface area contributed by atoms with Crippen LogP contribution >= 0.6 is 15.9 Å². The van der Waals surface area contributed by atoms with Gasteiger partial charge in [-0.1, -0.05) is 45.8 Å². The lowest BCUT2D eigenvalue weighted by atomic mass is 10.1. The number of amides is 1. The Bertz CT molecular complexity index is 674. The molecule has 2 nitrogen and oxygen atoms in total. The lowest BCUT2D eigenvalue weighted by Crippen LogP contribution is -2.32. The highest BCUT2D eigenvalue weighted by molar-refractivity contribution is 9.10. The van der Waals surface area contributed by atoms with Crippen LogP contribution in [0.15, 0.2) is 46.9 Å². The van der Waals surface area contributed by atoms with E-state index in [-0.39, 0.29) is 11.9 Å². The normalized spacial score (nSPS) is 14.0. The molecular formula is C18H17BrFNO. The molecule has 0 aromatic heterocycles. The van der Waals surface area contributed by atoms with Gasteiger partial charge in [-0.15, -0.1) is 0 Å². The monoisotopic (exact) mass is 361 g/mol. The highest BCUT2D eigenvalue weighted by Crippen LogP contribution is 2.30. The smallest absolute Gasteiger partial charge is 0.254 e. The molecule has 4 heteroatoms. The van der Waals surface area contributed by atoms with Gasteiger partial charge in [0.15, 0.2) is 0 Å². The van der Waals surface area contributed by atoms with Gasteiger partial charge in [0.05, 0.1) is 0 Å². The molecule has 2 aromatic carbocycles. The minimum Gasteiger partial charge on any atom is -0.331 e. The minimum absolute atomic E-state index is 0.108. The van der Waals surface area contributed by atoms with Crippen LogP contribution in [-0.2, 0) is 6.54 Å². The summed E-state index contributed by atoms with van der Waals surface area (Å²) in [6.07, 6.45) is 2.04. The summed E-state index contributed by atoms with van der Waals surface area (Å²) in [6.45, 7) is 2.61. The van der Waals surface area contributed by atoms with E-state index in [0.29, 0.717) is 16.6 Å². The highest BCUT2D eigenvalue weighted by Gasteiger charge is 2.33. The number of carbonyl (C=O) groups is 1. The van der Waals surface area contributed by atoms with Crippen molar-refractivity contribution in [2.75, 3.05) is 0 Å². The Labute approximate surface area is 138 Å². The number of aryl methyl sites for hydroxylation is 1. The van der Waals surface area contributed by atoms with Crippen LogP contribution in [0.25, 0.3) is 0 Å². The summed E-state index contributed by atoms with van der Waals surface area (Å²) in [7, 11) is 0. The first-order valence-electron chi connectivity index (χ1n) is 7.35. The van der Waals surface area contributed by atoms with E-state index in [1.807, 2.05) is 36.1 Å². The molecule has 1 aliphatic carbocycles. The zero-order chi connectivity index (χ0) is 15.7. The summed E-state index contributed by atoms with van der Waals surface area (Å²) in [5, 5.41) is 0. The van der Waals surface area contributed by atoms with Gasteiger partial charge in [-0.25, -0.2) is 4.39 Å². The first kappa shape index (κ1) is 15.2. The van der Waals surface area contributed by atoms with Gasteiger partial charge >= 0.3 is 0 Å². The molecule has 0 N–H and O–H groups in total. The van der Waals surface area contributed by atoms with Gasteiger partial charge in [0.25, 0.3) is 5.91 Å². The summed E-state index contributed by atoms with van der Waals surface area (Å²) < 4.78 is 14.1. The van der Waals surface area contributed by atoms with E-state index in [4.69, 9.17) is 0 Å². The molecule has 0 saturated heterocycles. The Balaban J connectivity index is 1.84. The van der Waals surface area contributed by atoms with Crippen molar-refractivity contribution < 1.29 is 9.18 Å². The van der Waals surface area contributed by atoms with E-state index in [1.54, 1.807) is 6.07 Å². The minimum atomic E-state index is -0.399. The Hall–Kier alpha value is -1.68. The molecule has 1 fully saturated rings. The van der Waals surface area contributed by atoms with Gasteiger partial charge in [-0.05, 0) is 43.5 Å². The fraction of sp³-hybridized carbons (Fsp3) is 0.278. The molecule has 0 aliphatic heterocycles. The van der Waals surface area contributed by atoms with Crippen LogP contribution < -0.4 is 0 Å². The molecular weight excluding hydrogens is 345 g/mol. The van der Waals surface area contributed by atoms with E-state index < -0.39 is 5.82 Å². The summed E-state index contributed by atoms with van der Waals surface area (Å²) in [4.78, 5) is 14.6. The zero-order valence-corrected chi connectivity index (χ0v) is 13.9. The van der Waals surface area contributed by atoms with E-state index >= 15 is 0 Å². The van der Waals surface area contributed by atoms with Crippen molar-refractivity contribution in [2.24, 2.45) is 0 Å². The van der Waals surface area contributed by atoms with Crippen molar-refractivity contribution in [1.82, 2.24) is 4.90 Å². The fourth-order valence-corrected chi connectivity index (χ4v) is 2.95. The molecule has 0 unspecified atom stereocenters. The SMILES string of the molecule is Cc1ccc(CN(C(=O)c2cc(F)cc(Br)c2)C2CC2)cc1. The number of rotatable bonds is 4. The standard InChI is InChI=1S/C18H17BrFNO/c1-12-2-4-13(5-3-12)11-21(17-6-7-17)18(22)14-8-15(19)10-16(20)9-14/h2-5,8-10,17H,6-7,11H2,1H3. The summed E-state index contributed by atoms with van der Waals surface area (Å²) in [6, 6.07) is 12.8. The molecule has 2 aromatic rings. The number of hydrogen-bond donors (Lipinski definition) is 0. The third-order valence-corrected chi connectivity index (χ3v) is 4.29. The summed E-state index contributed by atoms with van der Waals surface area (Å²) in [5.41, 5.74) is 2.69. The first-order valence-corrected chi connectivity index (χ1v) is 8.15. The van der Waals surface area contributed by atoms with Gasteiger partial charge in [-0.3, -0.25) is 4.79 Å². The second-order valence-electron chi connectivity index (χ2n) is 5.81. The van der Waals surface area contributed by atoms with Crippen LogP contribution in [0.1, 0.15) is 34.3 Å². The maximum absolute atomic E-state index is 13.5. The molecule has 1 saturated carbocycles. The third-order valence-electron chi connectivity index (χ3n) is 3.83. The molecule has 0 atom stereocenters. The van der Waals surface area contributed by atoms with Crippen molar-refractivity contribution in [2.45, 2.75) is 32.4 Å². The molecule has 0 heterocycles. The molecule has 3 rings (SSSR count). The molecule has 1 amide bonds. The van der Waals surface area contributed by atoms with E-state index in [9.17, 15) is 9.18 Å². The molecule has 0 spiro atoms. The highest BCUT2D eigenvalue weighted by atomic mass is 79.9. The zero-order valence-electron chi connectivity index (χ0n) is 12.4. The number of nitrogens with zero attached hydrogens (tertiary/aromatic N) is 1. The quantitative estimate of drug-likeness (QED) is 0.772. The van der Waals surface area contributed by atoms with Crippen molar-refractivity contribution >= 4 is 21.8 Å². The number of hydrogen-bond acceptors (Lipinski definition) is 1. The second-order valence-corrected chi connectivity index (χ2v) is 6.72. The van der Waals surface area contributed by atoms with Gasteiger partial charge in [0.2, 0.25) is 0 Å². The van der Waals surface area contributed by atoms with Crippen LogP contribution in [0.2, 0.25) is 0 Å². The van der Waals surface area contributed by atoms with Crippen LogP contribution in [0, 0.1) is 12.7 Å². The van der Waals surface area contributed by atoms with E-state index in [0.717, 1.165) is 18.4 Å². The topological polar surface area (TPSA) is 20.3 Å². The van der Waals surface area contributed by atoms with Crippen LogP contribution in [0.4, 0.5) is 4.39 Å². The lowest BCUT2D eigenvalue weighted by molar-refractivity contribution is 0.0729. The molecule has 114 valence electrons. The number of carbonyl (C=O) groups excluding carboxylic acids is 1. The van der Waals surface area contributed by atoms with Crippen molar-refractivity contribution in [3.05, 3.63) is 69.4 Å². The van der Waals surface area contributed by atoms with Gasteiger partial charge in [0.1, 0.15) is 5.82 Å². The van der Waals surface area contributed by atoms with Crippen LogP contribution in [-0.4, -0.2) is 16.8 Å². The fourth-order valence-electron chi connectivity index (χ4n) is 2.49. The van der Waals surface area contributed by atoms with Gasteiger partial charge < -0.3 is 4.90 Å². The second kappa shape index (κ2) is 6.21. The van der Waals surface area contributed by atoms with Crippen molar-refractivity contribution in [3.8, 4) is 0 Å². The molecule has 0 bridgehead atoms. The first-order chi connectivity index (χ1) is 10.5. The lowest BCUT2D eigenvalue weighted by Gasteiger charge is -2.23. The van der Waals surface area contributed by atoms with Crippen molar-refractivity contribution in [3.63, 3.8) is 0 Å². The average Bonchev–Trinajstić information content (AvgIpc) is 3.29. The number of halogens is 2. The van der Waals surface area contributed by atoms with E-state index in [2.05, 4.69) is 15.9 Å². The Morgan fingerprint density at radius 3 is 2.50 bits per heavy atom. The predicted molar refractivity (Wildman–Crippen MR) is 88.2 cm³/mol.